The lowest BCUT2D eigenvalue weighted by atomic mass is 10.1. The zero-order valence-electron chi connectivity index (χ0n) is 16.6. The molecule has 0 saturated carbocycles. The van der Waals surface area contributed by atoms with Gasteiger partial charge in [-0.05, 0) is 61.8 Å². The largest absolute Gasteiger partial charge is 0.307 e. The first-order chi connectivity index (χ1) is 14.0. The summed E-state index contributed by atoms with van der Waals surface area (Å²) >= 11 is 1.76. The molecule has 0 atom stereocenters. The van der Waals surface area contributed by atoms with E-state index in [2.05, 4.69) is 0 Å². The van der Waals surface area contributed by atoms with Crippen molar-refractivity contribution < 1.29 is 13.2 Å². The van der Waals surface area contributed by atoms with Crippen LogP contribution in [0.5, 0.6) is 0 Å². The highest BCUT2D eigenvalue weighted by Crippen LogP contribution is 2.35. The number of carbonyl (C=O) groups excluding carboxylic acids is 1. The fourth-order valence-corrected chi connectivity index (χ4v) is 6.47. The van der Waals surface area contributed by atoms with E-state index in [1.165, 1.54) is 0 Å². The van der Waals surface area contributed by atoms with E-state index in [0.717, 1.165) is 47.6 Å². The lowest BCUT2D eigenvalue weighted by Crippen LogP contribution is -2.36. The summed E-state index contributed by atoms with van der Waals surface area (Å²) in [6.45, 7) is 3.60. The molecule has 0 N–H and O–H groups in total. The van der Waals surface area contributed by atoms with Gasteiger partial charge in [0, 0.05) is 30.1 Å². The van der Waals surface area contributed by atoms with Crippen LogP contribution in [-0.4, -0.2) is 44.0 Å². The van der Waals surface area contributed by atoms with E-state index in [-0.39, 0.29) is 10.8 Å². The molecule has 2 heterocycles. The average molecular weight is 431 g/mol. The minimum atomic E-state index is -3.57. The van der Waals surface area contributed by atoms with Crippen LogP contribution in [0.25, 0.3) is 0 Å². The molecule has 0 unspecified atom stereocenters. The smallest absolute Gasteiger partial charge is 0.258 e. The quantitative estimate of drug-likeness (QED) is 0.728. The van der Waals surface area contributed by atoms with Crippen LogP contribution in [0.1, 0.15) is 41.6 Å². The van der Waals surface area contributed by atoms with E-state index >= 15 is 0 Å². The number of para-hydroxylation sites is 1. The van der Waals surface area contributed by atoms with E-state index in [4.69, 9.17) is 0 Å². The van der Waals surface area contributed by atoms with Crippen molar-refractivity contribution in [3.8, 4) is 0 Å². The van der Waals surface area contributed by atoms with Gasteiger partial charge in [-0.2, -0.15) is 4.31 Å². The van der Waals surface area contributed by atoms with Gasteiger partial charge in [-0.25, -0.2) is 8.42 Å². The molecule has 5 nitrogen and oxygen atoms in total. The van der Waals surface area contributed by atoms with E-state index in [0.29, 0.717) is 25.2 Å². The van der Waals surface area contributed by atoms with Gasteiger partial charge in [-0.15, -0.1) is 11.8 Å². The van der Waals surface area contributed by atoms with Gasteiger partial charge < -0.3 is 4.90 Å². The Hall–Kier alpha value is -1.83. The molecular formula is C22H26N2O3S2. The first-order valence-electron chi connectivity index (χ1n) is 10.1. The summed E-state index contributed by atoms with van der Waals surface area (Å²) in [6, 6.07) is 12.9. The Morgan fingerprint density at radius 3 is 2.52 bits per heavy atom. The molecule has 4 rings (SSSR count). The topological polar surface area (TPSA) is 57.7 Å². The molecule has 0 aromatic heterocycles. The highest BCUT2D eigenvalue weighted by molar-refractivity contribution is 7.99. The number of hydrogen-bond donors (Lipinski definition) is 0. The van der Waals surface area contributed by atoms with Crippen LogP contribution in [0.3, 0.4) is 0 Å². The number of carbonyl (C=O) groups is 1. The summed E-state index contributed by atoms with van der Waals surface area (Å²) in [5.41, 5.74) is 2.16. The number of amides is 1. The normalized spacial score (nSPS) is 18.2. The highest BCUT2D eigenvalue weighted by Gasteiger charge is 2.29. The lowest BCUT2D eigenvalue weighted by Gasteiger charge is -2.27. The van der Waals surface area contributed by atoms with Gasteiger partial charge in [0.05, 0.1) is 10.6 Å². The second kappa shape index (κ2) is 8.50. The number of sulfonamides is 1. The minimum Gasteiger partial charge on any atom is -0.307 e. The molecule has 0 radical (unpaired) electrons. The van der Waals surface area contributed by atoms with Crippen LogP contribution in [0.15, 0.2) is 52.3 Å². The second-order valence-electron chi connectivity index (χ2n) is 7.57. The van der Waals surface area contributed by atoms with Crippen LogP contribution in [0.2, 0.25) is 0 Å². The van der Waals surface area contributed by atoms with Crippen LogP contribution in [0, 0.1) is 6.92 Å². The van der Waals surface area contributed by atoms with Crippen molar-refractivity contribution in [1.29, 1.82) is 0 Å². The number of benzene rings is 2. The maximum atomic E-state index is 13.5. The maximum Gasteiger partial charge on any atom is 0.258 e. The third-order valence-corrected chi connectivity index (χ3v) is 8.62. The Bertz CT molecular complexity index is 1010. The predicted octanol–water partition coefficient (Wildman–Crippen LogP) is 4.31. The molecular weight excluding hydrogens is 404 g/mol. The van der Waals surface area contributed by atoms with Crippen LogP contribution in [-0.2, 0) is 10.0 Å². The zero-order chi connectivity index (χ0) is 20.4. The Morgan fingerprint density at radius 2 is 1.72 bits per heavy atom. The van der Waals surface area contributed by atoms with Crippen molar-refractivity contribution in [2.24, 2.45) is 0 Å². The molecule has 1 saturated heterocycles. The summed E-state index contributed by atoms with van der Waals surface area (Å²) in [5.74, 6) is 0.830. The van der Waals surface area contributed by atoms with Crippen molar-refractivity contribution >= 4 is 33.4 Å². The van der Waals surface area contributed by atoms with E-state index in [1.807, 2.05) is 31.2 Å². The number of hydrogen-bond acceptors (Lipinski definition) is 4. The summed E-state index contributed by atoms with van der Waals surface area (Å²) in [5, 5.41) is 0. The molecule has 154 valence electrons. The van der Waals surface area contributed by atoms with Gasteiger partial charge in [0.2, 0.25) is 10.0 Å². The molecule has 0 bridgehead atoms. The van der Waals surface area contributed by atoms with Gasteiger partial charge in [0.25, 0.3) is 5.91 Å². The van der Waals surface area contributed by atoms with E-state index < -0.39 is 10.0 Å². The highest BCUT2D eigenvalue weighted by atomic mass is 32.2. The van der Waals surface area contributed by atoms with Gasteiger partial charge in [0.15, 0.2) is 0 Å². The van der Waals surface area contributed by atoms with E-state index in [9.17, 15) is 13.2 Å². The molecule has 1 fully saturated rings. The zero-order valence-corrected chi connectivity index (χ0v) is 18.3. The van der Waals surface area contributed by atoms with Crippen LogP contribution >= 0.6 is 11.8 Å². The van der Waals surface area contributed by atoms with Crippen molar-refractivity contribution in [1.82, 2.24) is 4.31 Å². The summed E-state index contributed by atoms with van der Waals surface area (Å²) in [4.78, 5) is 16.6. The Morgan fingerprint density at radius 1 is 0.966 bits per heavy atom. The number of anilines is 1. The Kier molecular flexibility index (Phi) is 5.99. The first kappa shape index (κ1) is 20.4. The van der Waals surface area contributed by atoms with Crippen LogP contribution < -0.4 is 4.90 Å². The number of nitrogens with zero attached hydrogens (tertiary/aromatic N) is 2. The summed E-state index contributed by atoms with van der Waals surface area (Å²) < 4.78 is 27.8. The number of piperidine rings is 1. The number of thioether (sulfide) groups is 1. The first-order valence-corrected chi connectivity index (χ1v) is 12.6. The second-order valence-corrected chi connectivity index (χ2v) is 10.6. The lowest BCUT2D eigenvalue weighted by molar-refractivity contribution is 0.0986. The van der Waals surface area contributed by atoms with Crippen molar-refractivity contribution in [3.05, 3.63) is 53.6 Å². The van der Waals surface area contributed by atoms with Crippen molar-refractivity contribution in [3.63, 3.8) is 0 Å². The minimum absolute atomic E-state index is 0.131. The SMILES string of the molecule is Cc1ccc(S(=O)(=O)N2CCCCC2)cc1C(=O)N1CCCSc2ccccc21. The van der Waals surface area contributed by atoms with Gasteiger partial charge in [0.1, 0.15) is 0 Å². The predicted molar refractivity (Wildman–Crippen MR) is 117 cm³/mol. The summed E-state index contributed by atoms with van der Waals surface area (Å²) in [6.07, 6.45) is 3.74. The standard InChI is InChI=1S/C22H26N2O3S2/c1-17-10-11-18(29(26,27)23-12-5-2-6-13-23)16-19(17)22(25)24-14-7-15-28-21-9-4-3-8-20(21)24/h3-4,8-11,16H,2,5-7,12-15H2,1H3. The molecule has 1 amide bonds. The van der Waals surface area contributed by atoms with Crippen molar-refractivity contribution in [2.45, 2.75) is 42.4 Å². The molecule has 29 heavy (non-hydrogen) atoms. The molecule has 0 aliphatic carbocycles. The molecule has 2 aromatic rings. The number of fused-ring (bicyclic) bond motifs is 1. The fraction of sp³-hybridized carbons (Fsp3) is 0.409. The van der Waals surface area contributed by atoms with E-state index in [1.54, 1.807) is 39.2 Å². The maximum absolute atomic E-state index is 13.5. The Labute approximate surface area is 177 Å². The Balaban J connectivity index is 1.70. The van der Waals surface area contributed by atoms with Gasteiger partial charge in [-0.3, -0.25) is 4.79 Å². The van der Waals surface area contributed by atoms with Gasteiger partial charge >= 0.3 is 0 Å². The summed E-state index contributed by atoms with van der Waals surface area (Å²) in [7, 11) is -3.57. The molecule has 2 aliphatic heterocycles. The molecule has 2 aromatic carbocycles. The average Bonchev–Trinajstić information content (AvgIpc) is 2.96. The molecule has 2 aliphatic rings. The molecule has 0 spiro atoms. The number of aryl methyl sites for hydroxylation is 1. The van der Waals surface area contributed by atoms with Crippen molar-refractivity contribution in [2.75, 3.05) is 30.3 Å². The van der Waals surface area contributed by atoms with Gasteiger partial charge in [-0.1, -0.05) is 24.6 Å². The monoisotopic (exact) mass is 430 g/mol. The third-order valence-electron chi connectivity index (χ3n) is 5.58. The molecule has 7 heteroatoms. The third kappa shape index (κ3) is 4.09. The fourth-order valence-electron chi connectivity index (χ4n) is 3.93. The number of rotatable bonds is 3. The van der Waals surface area contributed by atoms with Crippen LogP contribution in [0.4, 0.5) is 5.69 Å².